The van der Waals surface area contributed by atoms with Crippen molar-refractivity contribution in [3.63, 3.8) is 0 Å². The Balaban J connectivity index is -0.000000494. The van der Waals surface area contributed by atoms with Gasteiger partial charge >= 0.3 is 5.97 Å². The first kappa shape index (κ1) is 34.0. The van der Waals surface area contributed by atoms with Gasteiger partial charge in [-0.2, -0.15) is 0 Å². The zero-order valence-corrected chi connectivity index (χ0v) is 21.1. The van der Waals surface area contributed by atoms with Gasteiger partial charge in [0.2, 0.25) is 0 Å². The molecule has 0 saturated heterocycles. The van der Waals surface area contributed by atoms with Crippen molar-refractivity contribution in [2.45, 2.75) is 88.5 Å². The number of carbonyl (C=O) groups is 1. The lowest BCUT2D eigenvalue weighted by atomic mass is 9.93. The van der Waals surface area contributed by atoms with Crippen molar-refractivity contribution < 1.29 is 14.6 Å². The fraction of sp³-hybridized carbons (Fsp3) is 0.679. The molecule has 0 saturated carbocycles. The van der Waals surface area contributed by atoms with Crippen molar-refractivity contribution in [3.05, 3.63) is 47.6 Å². The van der Waals surface area contributed by atoms with E-state index in [-0.39, 0.29) is 20.0 Å². The molecule has 0 aliphatic rings. The van der Waals surface area contributed by atoms with Crippen LogP contribution in [0.25, 0.3) is 0 Å². The average Bonchev–Trinajstić information content (AvgIpc) is 2.72. The van der Waals surface area contributed by atoms with Crippen LogP contribution in [0.15, 0.2) is 47.6 Å². The Labute approximate surface area is 194 Å². The molecule has 3 heteroatoms. The number of hydrogen-bond acceptors (Lipinski definition) is 3. The maximum Gasteiger partial charge on any atom is 0.330 e. The normalized spacial score (nSPS) is 16.2. The highest BCUT2D eigenvalue weighted by atomic mass is 16.5. The number of allylic oxidation sites excluding steroid dienone is 6. The average molecular weight is 437 g/mol. The van der Waals surface area contributed by atoms with Gasteiger partial charge in [-0.05, 0) is 50.4 Å². The highest BCUT2D eigenvalue weighted by Gasteiger charge is 2.06. The van der Waals surface area contributed by atoms with Crippen LogP contribution in [0, 0.1) is 23.7 Å². The second-order valence-electron chi connectivity index (χ2n) is 8.50. The lowest BCUT2D eigenvalue weighted by Crippen LogP contribution is -2.03. The number of rotatable bonds is 12. The van der Waals surface area contributed by atoms with Crippen LogP contribution < -0.4 is 0 Å². The molecular weight excluding hydrogens is 384 g/mol. The van der Waals surface area contributed by atoms with E-state index in [9.17, 15) is 4.79 Å². The molecule has 0 fully saturated rings. The van der Waals surface area contributed by atoms with Gasteiger partial charge in [-0.1, -0.05) is 103 Å². The van der Waals surface area contributed by atoms with Crippen molar-refractivity contribution in [1.82, 2.24) is 0 Å². The highest BCUT2D eigenvalue weighted by Crippen LogP contribution is 2.17. The molecule has 4 atom stereocenters. The van der Waals surface area contributed by atoms with Gasteiger partial charge in [0.25, 0.3) is 0 Å². The first-order valence-corrected chi connectivity index (χ1v) is 11.5. The van der Waals surface area contributed by atoms with Crippen LogP contribution >= 0.6 is 0 Å². The maximum atomic E-state index is 11.0. The molecule has 0 radical (unpaired) electrons. The molecular formula is C28H52O3. The third-order valence-electron chi connectivity index (χ3n) is 5.85. The van der Waals surface area contributed by atoms with E-state index < -0.39 is 0 Å². The van der Waals surface area contributed by atoms with Gasteiger partial charge in [0, 0.05) is 6.08 Å². The Morgan fingerprint density at radius 3 is 1.65 bits per heavy atom. The lowest BCUT2D eigenvalue weighted by molar-refractivity contribution is -0.134. The van der Waals surface area contributed by atoms with E-state index in [0.717, 1.165) is 24.3 Å². The van der Waals surface area contributed by atoms with Gasteiger partial charge in [-0.3, -0.25) is 0 Å². The SMILES string of the molecule is C.CC[C@H](C)[C@@H](C)/C=C/C/C(C)=C/C(=O)OC.CC[C@H](C)[C@@H](C)/C=C/C/C(C)=C/CO. The van der Waals surface area contributed by atoms with Crippen LogP contribution in [0.3, 0.4) is 0 Å². The van der Waals surface area contributed by atoms with Gasteiger partial charge in [-0.15, -0.1) is 0 Å². The Kier molecular flexibility index (Phi) is 23.7. The van der Waals surface area contributed by atoms with E-state index in [4.69, 9.17) is 5.11 Å². The number of methoxy groups -OCH3 is 1. The van der Waals surface area contributed by atoms with Crippen molar-refractivity contribution in [2.24, 2.45) is 23.7 Å². The van der Waals surface area contributed by atoms with Crippen LogP contribution in [-0.2, 0) is 9.53 Å². The molecule has 0 amide bonds. The summed E-state index contributed by atoms with van der Waals surface area (Å²) >= 11 is 0. The number of esters is 1. The Morgan fingerprint density at radius 1 is 0.871 bits per heavy atom. The number of hydrogen-bond donors (Lipinski definition) is 1. The summed E-state index contributed by atoms with van der Waals surface area (Å²) in [6.45, 7) is 17.6. The fourth-order valence-corrected chi connectivity index (χ4v) is 2.62. The van der Waals surface area contributed by atoms with Crippen LogP contribution in [0.5, 0.6) is 0 Å². The third-order valence-corrected chi connectivity index (χ3v) is 5.85. The number of carbonyl (C=O) groups excluding carboxylic acids is 1. The maximum absolute atomic E-state index is 11.0. The van der Waals surface area contributed by atoms with E-state index in [2.05, 4.69) is 77.5 Å². The highest BCUT2D eigenvalue weighted by molar-refractivity contribution is 5.82. The standard InChI is InChI=1S/C14H24O2.C13H24O.CH4/c1-6-12(3)13(4)9-7-8-11(2)10-14(15)16-5;1-5-12(3)13(4)8-6-7-11(2)9-10-14;/h7,9-10,12-13H,6,8H2,1-5H3;6,8-9,12-14H,5,7,10H2,1-4H3;1H4/b9-7+,11-10+;8-6+,11-9+;/t2*12-,13-;/m00./s1. The molecule has 0 aliphatic heterocycles. The summed E-state index contributed by atoms with van der Waals surface area (Å²) < 4.78 is 4.56. The largest absolute Gasteiger partial charge is 0.466 e. The molecule has 0 heterocycles. The molecule has 0 spiro atoms. The molecule has 0 aromatic rings. The molecule has 0 unspecified atom stereocenters. The minimum absolute atomic E-state index is 0. The van der Waals surface area contributed by atoms with Crippen molar-refractivity contribution in [2.75, 3.05) is 13.7 Å². The Morgan fingerprint density at radius 2 is 1.29 bits per heavy atom. The predicted molar refractivity (Wildman–Crippen MR) is 138 cm³/mol. The summed E-state index contributed by atoms with van der Waals surface area (Å²) in [5.74, 6) is 2.44. The number of ether oxygens (including phenoxy) is 1. The van der Waals surface area contributed by atoms with E-state index in [1.54, 1.807) is 0 Å². The summed E-state index contributed by atoms with van der Waals surface area (Å²) in [6, 6.07) is 0. The Hall–Kier alpha value is -1.61. The predicted octanol–water partition coefficient (Wildman–Crippen LogP) is 7.92. The summed E-state index contributed by atoms with van der Waals surface area (Å²) in [6.07, 6.45) is 16.4. The van der Waals surface area contributed by atoms with Gasteiger partial charge in [0.1, 0.15) is 0 Å². The van der Waals surface area contributed by atoms with Crippen LogP contribution in [0.1, 0.15) is 88.5 Å². The molecule has 3 nitrogen and oxygen atoms in total. The first-order valence-electron chi connectivity index (χ1n) is 11.5. The van der Waals surface area contributed by atoms with Gasteiger partial charge < -0.3 is 9.84 Å². The molecule has 0 aromatic heterocycles. The molecule has 182 valence electrons. The Bertz CT molecular complexity index is 555. The van der Waals surface area contributed by atoms with E-state index >= 15 is 0 Å². The zero-order chi connectivity index (χ0) is 23.5. The lowest BCUT2D eigenvalue weighted by Gasteiger charge is -2.13. The smallest absolute Gasteiger partial charge is 0.330 e. The summed E-state index contributed by atoms with van der Waals surface area (Å²) in [7, 11) is 1.40. The molecule has 31 heavy (non-hydrogen) atoms. The second kappa shape index (κ2) is 21.6. The molecule has 1 N–H and O–H groups in total. The van der Waals surface area contributed by atoms with E-state index in [1.807, 2.05) is 13.0 Å². The monoisotopic (exact) mass is 436 g/mol. The summed E-state index contributed by atoms with van der Waals surface area (Å²) in [5, 5.41) is 8.67. The van der Waals surface area contributed by atoms with Crippen molar-refractivity contribution in [1.29, 1.82) is 0 Å². The fourth-order valence-electron chi connectivity index (χ4n) is 2.62. The van der Waals surface area contributed by atoms with Crippen molar-refractivity contribution in [3.8, 4) is 0 Å². The van der Waals surface area contributed by atoms with Crippen LogP contribution in [-0.4, -0.2) is 24.8 Å². The number of aliphatic hydroxyl groups is 1. The molecule has 0 aromatic carbocycles. The minimum atomic E-state index is -0.277. The van der Waals surface area contributed by atoms with Crippen molar-refractivity contribution >= 4 is 5.97 Å². The minimum Gasteiger partial charge on any atom is -0.466 e. The quantitative estimate of drug-likeness (QED) is 0.192. The van der Waals surface area contributed by atoms with Crippen LogP contribution in [0.4, 0.5) is 0 Å². The third kappa shape index (κ3) is 20.1. The topological polar surface area (TPSA) is 46.5 Å². The molecule has 0 bridgehead atoms. The summed E-state index contributed by atoms with van der Waals surface area (Å²) in [5.41, 5.74) is 2.26. The van der Waals surface area contributed by atoms with Gasteiger partial charge in [-0.25, -0.2) is 4.79 Å². The second-order valence-corrected chi connectivity index (χ2v) is 8.50. The summed E-state index contributed by atoms with van der Waals surface area (Å²) in [4.78, 5) is 11.0. The van der Waals surface area contributed by atoms with E-state index in [1.165, 1.54) is 31.6 Å². The van der Waals surface area contributed by atoms with E-state index in [0.29, 0.717) is 17.8 Å². The van der Waals surface area contributed by atoms with Gasteiger partial charge in [0.05, 0.1) is 13.7 Å². The van der Waals surface area contributed by atoms with Crippen LogP contribution in [0.2, 0.25) is 0 Å². The molecule has 0 aliphatic carbocycles. The zero-order valence-electron chi connectivity index (χ0n) is 21.1. The number of aliphatic hydroxyl groups excluding tert-OH is 1. The van der Waals surface area contributed by atoms with Gasteiger partial charge in [0.15, 0.2) is 0 Å². The molecule has 0 rings (SSSR count). The first-order chi connectivity index (χ1) is 14.1.